The molecule has 5 nitrogen and oxygen atoms in total. The number of anilines is 1. The van der Waals surface area contributed by atoms with Crippen LogP contribution in [0.3, 0.4) is 0 Å². The van der Waals surface area contributed by atoms with E-state index in [1.165, 1.54) is 0 Å². The van der Waals surface area contributed by atoms with Gasteiger partial charge in [0.15, 0.2) is 0 Å². The number of nitrogens with one attached hydrogen (secondary N) is 1. The molecule has 0 radical (unpaired) electrons. The number of nitriles is 1. The SMILES string of the molecule is CCC(C#N)C(=O)Nc1cnn(C(C)C)c1. The largest absolute Gasteiger partial charge is 0.322 e. The highest BCUT2D eigenvalue weighted by atomic mass is 16.1. The van der Waals surface area contributed by atoms with Crippen LogP contribution in [0.1, 0.15) is 33.2 Å². The van der Waals surface area contributed by atoms with E-state index in [0.717, 1.165) is 0 Å². The monoisotopic (exact) mass is 220 g/mol. The van der Waals surface area contributed by atoms with E-state index in [4.69, 9.17) is 5.26 Å². The van der Waals surface area contributed by atoms with Crippen molar-refractivity contribution in [3.63, 3.8) is 0 Å². The van der Waals surface area contributed by atoms with Gasteiger partial charge in [-0.05, 0) is 20.3 Å². The third-order valence-electron chi connectivity index (χ3n) is 2.28. The van der Waals surface area contributed by atoms with Crippen molar-refractivity contribution in [2.75, 3.05) is 5.32 Å². The molecule has 0 spiro atoms. The predicted octanol–water partition coefficient (Wildman–Crippen LogP) is 1.95. The van der Waals surface area contributed by atoms with Crippen LogP contribution >= 0.6 is 0 Å². The van der Waals surface area contributed by atoms with Gasteiger partial charge in [0, 0.05) is 12.2 Å². The zero-order valence-electron chi connectivity index (χ0n) is 9.77. The number of carbonyl (C=O) groups excluding carboxylic acids is 1. The summed E-state index contributed by atoms with van der Waals surface area (Å²) in [5.41, 5.74) is 0.632. The second kappa shape index (κ2) is 5.31. The lowest BCUT2D eigenvalue weighted by atomic mass is 10.1. The first kappa shape index (κ1) is 12.2. The fourth-order valence-electron chi connectivity index (χ4n) is 1.25. The number of hydrogen-bond acceptors (Lipinski definition) is 3. The van der Waals surface area contributed by atoms with E-state index >= 15 is 0 Å². The summed E-state index contributed by atoms with van der Waals surface area (Å²) in [4.78, 5) is 11.6. The molecule has 0 aliphatic carbocycles. The standard InChI is InChI=1S/C11H16N4O/c1-4-9(5-12)11(16)14-10-6-13-15(7-10)8(2)3/h6-9H,4H2,1-3H3,(H,14,16). The second-order valence-corrected chi connectivity index (χ2v) is 3.88. The molecule has 0 bridgehead atoms. The quantitative estimate of drug-likeness (QED) is 0.843. The molecule has 0 saturated heterocycles. The van der Waals surface area contributed by atoms with Crippen molar-refractivity contribution in [2.45, 2.75) is 33.2 Å². The van der Waals surface area contributed by atoms with E-state index in [9.17, 15) is 4.79 Å². The minimum absolute atomic E-state index is 0.253. The van der Waals surface area contributed by atoms with Crippen molar-refractivity contribution >= 4 is 11.6 Å². The Morgan fingerprint density at radius 3 is 2.81 bits per heavy atom. The minimum Gasteiger partial charge on any atom is -0.322 e. The van der Waals surface area contributed by atoms with Gasteiger partial charge in [-0.25, -0.2) is 0 Å². The molecule has 0 fully saturated rings. The lowest BCUT2D eigenvalue weighted by Crippen LogP contribution is -2.20. The summed E-state index contributed by atoms with van der Waals surface area (Å²) >= 11 is 0. The van der Waals surface area contributed by atoms with E-state index in [2.05, 4.69) is 10.4 Å². The van der Waals surface area contributed by atoms with Crippen molar-refractivity contribution in [3.8, 4) is 6.07 Å². The summed E-state index contributed by atoms with van der Waals surface area (Å²) in [5.74, 6) is -0.865. The number of aromatic nitrogens is 2. The van der Waals surface area contributed by atoms with Crippen LogP contribution in [0.25, 0.3) is 0 Å². The minimum atomic E-state index is -0.595. The van der Waals surface area contributed by atoms with E-state index in [0.29, 0.717) is 12.1 Å². The van der Waals surface area contributed by atoms with Crippen LogP contribution in [0.4, 0.5) is 5.69 Å². The molecule has 1 amide bonds. The van der Waals surface area contributed by atoms with Gasteiger partial charge in [-0.1, -0.05) is 6.92 Å². The maximum atomic E-state index is 11.6. The Balaban J connectivity index is 2.67. The Kier molecular flexibility index (Phi) is 4.06. The van der Waals surface area contributed by atoms with Gasteiger partial charge in [0.25, 0.3) is 0 Å². The third-order valence-corrected chi connectivity index (χ3v) is 2.28. The molecule has 16 heavy (non-hydrogen) atoms. The van der Waals surface area contributed by atoms with Crippen molar-refractivity contribution in [2.24, 2.45) is 5.92 Å². The molecule has 1 aromatic rings. The Morgan fingerprint density at radius 2 is 2.38 bits per heavy atom. The van der Waals surface area contributed by atoms with Crippen LogP contribution in [0.2, 0.25) is 0 Å². The van der Waals surface area contributed by atoms with Gasteiger partial charge in [-0.15, -0.1) is 0 Å². The first-order valence-electron chi connectivity index (χ1n) is 5.33. The first-order valence-corrected chi connectivity index (χ1v) is 5.33. The summed E-state index contributed by atoms with van der Waals surface area (Å²) < 4.78 is 1.75. The number of rotatable bonds is 4. The number of carbonyl (C=O) groups is 1. The Morgan fingerprint density at radius 1 is 1.69 bits per heavy atom. The van der Waals surface area contributed by atoms with Crippen molar-refractivity contribution in [1.82, 2.24) is 9.78 Å². The Labute approximate surface area is 95.1 Å². The van der Waals surface area contributed by atoms with Gasteiger partial charge >= 0.3 is 0 Å². The molecule has 86 valence electrons. The van der Waals surface area contributed by atoms with Crippen LogP contribution in [-0.4, -0.2) is 15.7 Å². The number of amides is 1. The maximum Gasteiger partial charge on any atom is 0.241 e. The van der Waals surface area contributed by atoms with Crippen LogP contribution in [-0.2, 0) is 4.79 Å². The molecule has 1 heterocycles. The topological polar surface area (TPSA) is 70.7 Å². The highest BCUT2D eigenvalue weighted by Gasteiger charge is 2.16. The zero-order chi connectivity index (χ0) is 12.1. The molecule has 0 aromatic carbocycles. The molecular weight excluding hydrogens is 204 g/mol. The van der Waals surface area contributed by atoms with Gasteiger partial charge in [-0.2, -0.15) is 10.4 Å². The molecule has 0 aliphatic rings. The molecule has 1 unspecified atom stereocenters. The predicted molar refractivity (Wildman–Crippen MR) is 60.6 cm³/mol. The molecule has 0 saturated carbocycles. The van der Waals surface area contributed by atoms with Gasteiger partial charge in [0.2, 0.25) is 5.91 Å². The Hall–Kier alpha value is -1.83. The second-order valence-electron chi connectivity index (χ2n) is 3.88. The molecular formula is C11H16N4O. The molecule has 1 aromatic heterocycles. The van der Waals surface area contributed by atoms with Gasteiger partial charge in [0.1, 0.15) is 5.92 Å². The average molecular weight is 220 g/mol. The molecule has 1 rings (SSSR count). The van der Waals surface area contributed by atoms with Crippen LogP contribution in [0.5, 0.6) is 0 Å². The fourth-order valence-corrected chi connectivity index (χ4v) is 1.25. The summed E-state index contributed by atoms with van der Waals surface area (Å²) in [6.07, 6.45) is 3.86. The van der Waals surface area contributed by atoms with Crippen LogP contribution < -0.4 is 5.32 Å². The van der Waals surface area contributed by atoms with Gasteiger partial charge in [0.05, 0.1) is 18.0 Å². The smallest absolute Gasteiger partial charge is 0.241 e. The molecule has 1 N–H and O–H groups in total. The van der Waals surface area contributed by atoms with E-state index in [1.54, 1.807) is 17.1 Å². The summed E-state index contributed by atoms with van der Waals surface area (Å²) in [6, 6.07) is 2.22. The maximum absolute atomic E-state index is 11.6. The van der Waals surface area contributed by atoms with Crippen molar-refractivity contribution < 1.29 is 4.79 Å². The number of nitrogens with zero attached hydrogens (tertiary/aromatic N) is 3. The fraction of sp³-hybridized carbons (Fsp3) is 0.545. The van der Waals surface area contributed by atoms with Crippen molar-refractivity contribution in [1.29, 1.82) is 5.26 Å². The summed E-state index contributed by atoms with van der Waals surface area (Å²) in [7, 11) is 0. The lowest BCUT2D eigenvalue weighted by molar-refractivity contribution is -0.118. The van der Waals surface area contributed by atoms with Crippen LogP contribution in [0.15, 0.2) is 12.4 Å². The Bertz CT molecular complexity index is 402. The zero-order valence-corrected chi connectivity index (χ0v) is 9.77. The molecule has 0 aliphatic heterocycles. The third kappa shape index (κ3) is 2.83. The average Bonchev–Trinajstić information content (AvgIpc) is 2.68. The molecule has 1 atom stereocenters. The van der Waals surface area contributed by atoms with Crippen LogP contribution in [0, 0.1) is 17.2 Å². The summed E-state index contributed by atoms with van der Waals surface area (Å²) in [5, 5.41) is 15.5. The van der Waals surface area contributed by atoms with Crippen molar-refractivity contribution in [3.05, 3.63) is 12.4 Å². The van der Waals surface area contributed by atoms with Gasteiger partial charge in [-0.3, -0.25) is 9.48 Å². The lowest BCUT2D eigenvalue weighted by Gasteiger charge is -2.06. The van der Waals surface area contributed by atoms with E-state index in [-0.39, 0.29) is 11.9 Å². The van der Waals surface area contributed by atoms with Gasteiger partial charge < -0.3 is 5.32 Å². The van der Waals surface area contributed by atoms with E-state index in [1.807, 2.05) is 26.8 Å². The normalized spacial score (nSPS) is 12.2. The first-order chi connectivity index (χ1) is 7.58. The number of hydrogen-bond donors (Lipinski definition) is 1. The summed E-state index contributed by atoms with van der Waals surface area (Å²) in [6.45, 7) is 5.82. The van der Waals surface area contributed by atoms with E-state index < -0.39 is 5.92 Å². The highest BCUT2D eigenvalue weighted by molar-refractivity contribution is 5.93. The molecule has 5 heteroatoms. The highest BCUT2D eigenvalue weighted by Crippen LogP contribution is 2.12.